The third-order valence-electron chi connectivity index (χ3n) is 6.77. The van der Waals surface area contributed by atoms with Crippen LogP contribution in [0.4, 0.5) is 11.4 Å². The normalized spacial score (nSPS) is 16.8. The van der Waals surface area contributed by atoms with Crippen molar-refractivity contribution in [1.29, 1.82) is 0 Å². The van der Waals surface area contributed by atoms with Gasteiger partial charge in [0.25, 0.3) is 0 Å². The highest BCUT2D eigenvalue weighted by Gasteiger charge is 2.42. The number of aromatic hydroxyl groups is 1. The fourth-order valence-corrected chi connectivity index (χ4v) is 5.51. The second-order valence-corrected chi connectivity index (χ2v) is 9.63. The van der Waals surface area contributed by atoms with Gasteiger partial charge in [0.2, 0.25) is 5.91 Å². The molecule has 2 aromatic carbocycles. The van der Waals surface area contributed by atoms with Gasteiger partial charge in [0, 0.05) is 35.9 Å². The Morgan fingerprint density at radius 2 is 1.82 bits per heavy atom. The van der Waals surface area contributed by atoms with Crippen molar-refractivity contribution < 1.29 is 14.6 Å². The van der Waals surface area contributed by atoms with E-state index in [1.54, 1.807) is 25.4 Å². The molecule has 5 rings (SSSR count). The molecule has 3 heterocycles. The standard InChI is InChI=1S/C29H29N5O3S/c1-17-15-23(18(2)33(17)20-8-11-22(36)12-9-20)28-27(24-7-5-6-14-30-24)32-29(38)34(28)21-10-13-26(37-4)25(16-21)31-19(3)35/h5-16,27-28,36H,1-4H3,(H,31,35)(H,32,38)/t27-,28+/m0/s1. The lowest BCUT2D eigenvalue weighted by atomic mass is 9.96. The Hall–Kier alpha value is -4.37. The first-order valence-electron chi connectivity index (χ1n) is 12.2. The highest BCUT2D eigenvalue weighted by Crippen LogP contribution is 2.45. The van der Waals surface area contributed by atoms with Crippen molar-refractivity contribution >= 4 is 34.6 Å². The maximum atomic E-state index is 11.9. The smallest absolute Gasteiger partial charge is 0.221 e. The van der Waals surface area contributed by atoms with Crippen molar-refractivity contribution in [2.45, 2.75) is 32.9 Å². The number of methoxy groups -OCH3 is 1. The molecule has 2 aromatic heterocycles. The minimum Gasteiger partial charge on any atom is -0.508 e. The summed E-state index contributed by atoms with van der Waals surface area (Å²) in [4.78, 5) is 18.6. The number of rotatable bonds is 6. The summed E-state index contributed by atoms with van der Waals surface area (Å²) in [7, 11) is 1.57. The number of phenolic OH excluding ortho intramolecular Hbond substituents is 1. The number of carbonyl (C=O) groups is 1. The Kier molecular flexibility index (Phi) is 6.77. The van der Waals surface area contributed by atoms with Gasteiger partial charge in [0.1, 0.15) is 11.5 Å². The van der Waals surface area contributed by atoms with Gasteiger partial charge in [0.15, 0.2) is 5.11 Å². The number of anilines is 2. The van der Waals surface area contributed by atoms with Crippen LogP contribution in [0.5, 0.6) is 11.5 Å². The highest BCUT2D eigenvalue weighted by molar-refractivity contribution is 7.80. The second-order valence-electron chi connectivity index (χ2n) is 9.24. The number of benzene rings is 2. The van der Waals surface area contributed by atoms with E-state index >= 15 is 0 Å². The van der Waals surface area contributed by atoms with E-state index in [-0.39, 0.29) is 23.7 Å². The average Bonchev–Trinajstić information content (AvgIpc) is 3.39. The number of hydrogen-bond donors (Lipinski definition) is 3. The van der Waals surface area contributed by atoms with Gasteiger partial charge >= 0.3 is 0 Å². The number of aryl methyl sites for hydroxylation is 1. The third kappa shape index (κ3) is 4.56. The Labute approximate surface area is 226 Å². The first-order valence-corrected chi connectivity index (χ1v) is 12.6. The summed E-state index contributed by atoms with van der Waals surface area (Å²) in [6.45, 7) is 5.61. The van der Waals surface area contributed by atoms with Crippen LogP contribution in [-0.2, 0) is 4.79 Å². The number of phenols is 1. The van der Waals surface area contributed by atoms with E-state index in [1.165, 1.54) is 6.92 Å². The summed E-state index contributed by atoms with van der Waals surface area (Å²) < 4.78 is 7.64. The van der Waals surface area contributed by atoms with E-state index < -0.39 is 0 Å². The first-order chi connectivity index (χ1) is 18.3. The molecule has 3 N–H and O–H groups in total. The van der Waals surface area contributed by atoms with E-state index in [4.69, 9.17) is 17.0 Å². The summed E-state index contributed by atoms with van der Waals surface area (Å²) >= 11 is 5.89. The van der Waals surface area contributed by atoms with Crippen LogP contribution in [-0.4, -0.2) is 32.8 Å². The molecule has 38 heavy (non-hydrogen) atoms. The van der Waals surface area contributed by atoms with Crippen LogP contribution in [0, 0.1) is 13.8 Å². The molecule has 0 saturated carbocycles. The zero-order chi connectivity index (χ0) is 27.0. The monoisotopic (exact) mass is 527 g/mol. The quantitative estimate of drug-likeness (QED) is 0.292. The lowest BCUT2D eigenvalue weighted by molar-refractivity contribution is -0.114. The van der Waals surface area contributed by atoms with Gasteiger partial charge in [-0.1, -0.05) is 6.07 Å². The lowest BCUT2D eigenvalue weighted by Gasteiger charge is -2.29. The summed E-state index contributed by atoms with van der Waals surface area (Å²) in [5.41, 5.74) is 6.37. The van der Waals surface area contributed by atoms with Gasteiger partial charge in [-0.15, -0.1) is 0 Å². The number of hydrogen-bond acceptors (Lipinski definition) is 5. The fourth-order valence-electron chi connectivity index (χ4n) is 5.17. The molecule has 0 aliphatic carbocycles. The Morgan fingerprint density at radius 1 is 1.08 bits per heavy atom. The van der Waals surface area contributed by atoms with Crippen molar-refractivity contribution in [3.8, 4) is 17.2 Å². The molecule has 2 atom stereocenters. The van der Waals surface area contributed by atoms with E-state index in [9.17, 15) is 9.90 Å². The molecule has 0 unspecified atom stereocenters. The summed E-state index contributed by atoms with van der Waals surface area (Å²) in [5, 5.41) is 16.7. The number of aromatic nitrogens is 2. The van der Waals surface area contributed by atoms with Gasteiger partial charge in [-0.3, -0.25) is 9.78 Å². The Balaban J connectivity index is 1.67. The topological polar surface area (TPSA) is 91.7 Å². The number of ether oxygens (including phenoxy) is 1. The molecule has 0 bridgehead atoms. The van der Waals surface area contributed by atoms with Crippen molar-refractivity contribution in [2.75, 3.05) is 17.3 Å². The molecule has 1 saturated heterocycles. The number of thiocarbonyl (C=S) groups is 1. The second kappa shape index (κ2) is 10.2. The zero-order valence-electron chi connectivity index (χ0n) is 21.6. The first kappa shape index (κ1) is 25.3. The van der Waals surface area contributed by atoms with Crippen LogP contribution in [0.15, 0.2) is 72.9 Å². The van der Waals surface area contributed by atoms with Crippen molar-refractivity contribution in [3.05, 3.63) is 95.6 Å². The molecule has 1 aliphatic rings. The summed E-state index contributed by atoms with van der Waals surface area (Å²) in [6.07, 6.45) is 1.78. The van der Waals surface area contributed by atoms with Crippen LogP contribution < -0.4 is 20.3 Å². The molecule has 1 fully saturated rings. The molecule has 0 spiro atoms. The third-order valence-corrected chi connectivity index (χ3v) is 7.08. The molecule has 194 valence electrons. The van der Waals surface area contributed by atoms with Gasteiger partial charge < -0.3 is 29.9 Å². The SMILES string of the molecule is COc1ccc(N2C(=S)N[C@@H](c3ccccn3)[C@H]2c2cc(C)n(-c3ccc(O)cc3)c2C)cc1NC(C)=O. The maximum Gasteiger partial charge on any atom is 0.221 e. The van der Waals surface area contributed by atoms with Crippen molar-refractivity contribution in [2.24, 2.45) is 0 Å². The maximum absolute atomic E-state index is 11.9. The van der Waals surface area contributed by atoms with Crippen molar-refractivity contribution in [1.82, 2.24) is 14.9 Å². The van der Waals surface area contributed by atoms with Crippen LogP contribution in [0.1, 0.15) is 41.7 Å². The number of nitrogens with zero attached hydrogens (tertiary/aromatic N) is 3. The van der Waals surface area contributed by atoms with Gasteiger partial charge in [-0.2, -0.15) is 0 Å². The van der Waals surface area contributed by atoms with Crippen LogP contribution in [0.2, 0.25) is 0 Å². The zero-order valence-corrected chi connectivity index (χ0v) is 22.4. The van der Waals surface area contributed by atoms with Crippen LogP contribution in [0.3, 0.4) is 0 Å². The predicted octanol–water partition coefficient (Wildman–Crippen LogP) is 5.34. The molecule has 0 radical (unpaired) electrons. The number of nitrogens with one attached hydrogen (secondary N) is 2. The molecular weight excluding hydrogens is 498 g/mol. The Bertz CT molecular complexity index is 1500. The van der Waals surface area contributed by atoms with E-state index in [2.05, 4.69) is 45.0 Å². The van der Waals surface area contributed by atoms with E-state index in [1.807, 2.05) is 48.5 Å². The van der Waals surface area contributed by atoms with E-state index in [0.29, 0.717) is 16.5 Å². The molecule has 8 nitrogen and oxygen atoms in total. The molecule has 9 heteroatoms. The molecular formula is C29H29N5O3S. The number of amides is 1. The molecule has 1 amide bonds. The van der Waals surface area contributed by atoms with Gasteiger partial charge in [-0.25, -0.2) is 0 Å². The minimum atomic E-state index is -0.229. The molecule has 4 aromatic rings. The lowest BCUT2D eigenvalue weighted by Crippen LogP contribution is -2.29. The minimum absolute atomic E-state index is 0.192. The Morgan fingerprint density at radius 3 is 2.47 bits per heavy atom. The fraction of sp³-hybridized carbons (Fsp3) is 0.207. The van der Waals surface area contributed by atoms with E-state index in [0.717, 1.165) is 34.0 Å². The molecule has 1 aliphatic heterocycles. The van der Waals surface area contributed by atoms with Crippen LogP contribution >= 0.6 is 12.2 Å². The summed E-state index contributed by atoms with van der Waals surface area (Å²) in [6, 6.07) is 20.4. The van der Waals surface area contributed by atoms with Gasteiger partial charge in [0.05, 0.1) is 30.6 Å². The number of carbonyl (C=O) groups excluding carboxylic acids is 1. The van der Waals surface area contributed by atoms with Gasteiger partial charge in [-0.05, 0) is 92.3 Å². The highest BCUT2D eigenvalue weighted by atomic mass is 32.1. The predicted molar refractivity (Wildman–Crippen MR) is 152 cm³/mol. The average molecular weight is 528 g/mol. The van der Waals surface area contributed by atoms with Crippen molar-refractivity contribution in [3.63, 3.8) is 0 Å². The van der Waals surface area contributed by atoms with Crippen LogP contribution in [0.25, 0.3) is 5.69 Å². The largest absolute Gasteiger partial charge is 0.508 e. The summed E-state index contributed by atoms with van der Waals surface area (Å²) in [5.74, 6) is 0.589. The number of pyridine rings is 1.